The number of anilines is 1. The van der Waals surface area contributed by atoms with Gasteiger partial charge in [0.05, 0.1) is 11.3 Å². The molecule has 2 N–H and O–H groups in total. The molecule has 18 heavy (non-hydrogen) atoms. The van der Waals surface area contributed by atoms with Crippen LogP contribution in [0.4, 0.5) is 10.1 Å². The highest BCUT2D eigenvalue weighted by atomic mass is 19.1. The van der Waals surface area contributed by atoms with Crippen LogP contribution in [0.5, 0.6) is 5.75 Å². The number of nitrogens with one attached hydrogen (secondary N) is 1. The quantitative estimate of drug-likeness (QED) is 0.800. The summed E-state index contributed by atoms with van der Waals surface area (Å²) in [5.41, 5.74) is 0.959. The Kier molecular flexibility index (Phi) is 3.23. The predicted octanol–water partition coefficient (Wildman–Crippen LogP) is 2.49. The van der Waals surface area contributed by atoms with Crippen molar-refractivity contribution in [1.29, 1.82) is 0 Å². The SMILES string of the molecule is Cc1ncccc1C(=O)Nc1ccc(O)cc1F. The monoisotopic (exact) mass is 246 g/mol. The van der Waals surface area contributed by atoms with Gasteiger partial charge in [-0.15, -0.1) is 0 Å². The number of carbonyl (C=O) groups is 1. The predicted molar refractivity (Wildman–Crippen MR) is 65.0 cm³/mol. The molecule has 0 bridgehead atoms. The maximum atomic E-state index is 13.4. The van der Waals surface area contributed by atoms with Gasteiger partial charge in [-0.2, -0.15) is 0 Å². The average molecular weight is 246 g/mol. The molecule has 1 aromatic carbocycles. The normalized spacial score (nSPS) is 10.1. The molecule has 0 aliphatic heterocycles. The molecule has 0 saturated carbocycles. The van der Waals surface area contributed by atoms with Crippen LogP contribution in [0.25, 0.3) is 0 Å². The van der Waals surface area contributed by atoms with Crippen LogP contribution in [0.3, 0.4) is 0 Å². The fraction of sp³-hybridized carbons (Fsp3) is 0.0769. The molecule has 1 heterocycles. The Bertz CT molecular complexity index is 599. The number of aromatic hydroxyl groups is 1. The standard InChI is InChI=1S/C13H11FN2O2/c1-8-10(3-2-6-15-8)13(18)16-12-5-4-9(17)7-11(12)14/h2-7,17H,1H3,(H,16,18). The van der Waals surface area contributed by atoms with Crippen molar-refractivity contribution in [2.45, 2.75) is 6.92 Å². The largest absolute Gasteiger partial charge is 0.508 e. The van der Waals surface area contributed by atoms with E-state index >= 15 is 0 Å². The van der Waals surface area contributed by atoms with Crippen molar-refractivity contribution in [3.8, 4) is 5.75 Å². The van der Waals surface area contributed by atoms with E-state index in [2.05, 4.69) is 10.3 Å². The highest BCUT2D eigenvalue weighted by Crippen LogP contribution is 2.20. The maximum Gasteiger partial charge on any atom is 0.257 e. The van der Waals surface area contributed by atoms with Gasteiger partial charge in [-0.25, -0.2) is 4.39 Å². The van der Waals surface area contributed by atoms with Gasteiger partial charge >= 0.3 is 0 Å². The Hall–Kier alpha value is -2.43. The molecule has 0 atom stereocenters. The van der Waals surface area contributed by atoms with E-state index < -0.39 is 11.7 Å². The molecule has 0 aliphatic rings. The summed E-state index contributed by atoms with van der Waals surface area (Å²) >= 11 is 0. The van der Waals surface area contributed by atoms with Crippen LogP contribution in [-0.2, 0) is 0 Å². The van der Waals surface area contributed by atoms with Crippen LogP contribution in [0, 0.1) is 12.7 Å². The first-order valence-corrected chi connectivity index (χ1v) is 5.29. The van der Waals surface area contributed by atoms with Crippen molar-refractivity contribution in [3.63, 3.8) is 0 Å². The number of hydrogen-bond acceptors (Lipinski definition) is 3. The Morgan fingerprint density at radius 3 is 2.83 bits per heavy atom. The summed E-state index contributed by atoms with van der Waals surface area (Å²) < 4.78 is 13.4. The summed E-state index contributed by atoms with van der Waals surface area (Å²) in [7, 11) is 0. The number of aromatic nitrogens is 1. The lowest BCUT2D eigenvalue weighted by Gasteiger charge is -2.08. The summed E-state index contributed by atoms with van der Waals surface area (Å²) in [6, 6.07) is 6.78. The second-order valence-electron chi connectivity index (χ2n) is 3.75. The highest BCUT2D eigenvalue weighted by Gasteiger charge is 2.12. The van der Waals surface area contributed by atoms with Gasteiger partial charge in [0.25, 0.3) is 5.91 Å². The van der Waals surface area contributed by atoms with E-state index in [0.29, 0.717) is 11.3 Å². The average Bonchev–Trinajstić information content (AvgIpc) is 2.33. The van der Waals surface area contributed by atoms with Gasteiger partial charge in [0.1, 0.15) is 11.6 Å². The molecule has 0 saturated heterocycles. The van der Waals surface area contributed by atoms with Crippen molar-refractivity contribution >= 4 is 11.6 Å². The fourth-order valence-corrected chi connectivity index (χ4v) is 1.52. The third-order valence-electron chi connectivity index (χ3n) is 2.45. The minimum atomic E-state index is -0.690. The molecule has 0 spiro atoms. The summed E-state index contributed by atoms with van der Waals surface area (Å²) in [5.74, 6) is -1.32. The molecule has 5 heteroatoms. The minimum absolute atomic E-state index is 0.0149. The van der Waals surface area contributed by atoms with Crippen molar-refractivity contribution in [1.82, 2.24) is 4.98 Å². The number of nitrogens with zero attached hydrogens (tertiary/aromatic N) is 1. The van der Waals surface area contributed by atoms with E-state index in [9.17, 15) is 9.18 Å². The first kappa shape index (κ1) is 12.0. The molecule has 92 valence electrons. The van der Waals surface area contributed by atoms with Gasteiger partial charge in [0, 0.05) is 18.0 Å². The van der Waals surface area contributed by atoms with Crippen LogP contribution in [-0.4, -0.2) is 16.0 Å². The number of amides is 1. The highest BCUT2D eigenvalue weighted by molar-refractivity contribution is 6.05. The molecular weight excluding hydrogens is 235 g/mol. The number of phenols is 1. The summed E-state index contributed by atoms with van der Waals surface area (Å²) in [5, 5.41) is 11.5. The molecule has 4 nitrogen and oxygen atoms in total. The Morgan fingerprint density at radius 1 is 1.39 bits per heavy atom. The summed E-state index contributed by atoms with van der Waals surface area (Å²) in [6.07, 6.45) is 1.58. The second kappa shape index (κ2) is 4.83. The fourth-order valence-electron chi connectivity index (χ4n) is 1.52. The molecule has 0 fully saturated rings. The lowest BCUT2D eigenvalue weighted by atomic mass is 10.2. The van der Waals surface area contributed by atoms with Crippen LogP contribution in [0.2, 0.25) is 0 Å². The van der Waals surface area contributed by atoms with Crippen LogP contribution >= 0.6 is 0 Å². The van der Waals surface area contributed by atoms with Gasteiger partial charge in [-0.05, 0) is 31.2 Å². The lowest BCUT2D eigenvalue weighted by molar-refractivity contribution is 0.102. The minimum Gasteiger partial charge on any atom is -0.508 e. The van der Waals surface area contributed by atoms with Crippen LogP contribution in [0.1, 0.15) is 16.1 Å². The summed E-state index contributed by atoms with van der Waals surface area (Å²) in [4.78, 5) is 15.9. The van der Waals surface area contributed by atoms with Gasteiger partial charge in [0.2, 0.25) is 0 Å². The van der Waals surface area contributed by atoms with E-state index in [0.717, 1.165) is 6.07 Å². The Labute approximate surface area is 103 Å². The molecule has 2 rings (SSSR count). The molecule has 0 aliphatic carbocycles. The number of halogens is 1. The second-order valence-corrected chi connectivity index (χ2v) is 3.75. The first-order chi connectivity index (χ1) is 8.58. The van der Waals surface area contributed by atoms with E-state index in [1.165, 1.54) is 12.1 Å². The molecule has 0 radical (unpaired) electrons. The third kappa shape index (κ3) is 2.45. The third-order valence-corrected chi connectivity index (χ3v) is 2.45. The van der Waals surface area contributed by atoms with Gasteiger partial charge in [-0.3, -0.25) is 9.78 Å². The van der Waals surface area contributed by atoms with Crippen molar-refractivity contribution in [2.75, 3.05) is 5.32 Å². The zero-order valence-electron chi connectivity index (χ0n) is 9.64. The number of carbonyl (C=O) groups excluding carboxylic acids is 1. The number of aryl methyl sites for hydroxylation is 1. The van der Waals surface area contributed by atoms with Crippen LogP contribution < -0.4 is 5.32 Å². The zero-order chi connectivity index (χ0) is 13.1. The van der Waals surface area contributed by atoms with Gasteiger partial charge in [-0.1, -0.05) is 0 Å². The first-order valence-electron chi connectivity index (χ1n) is 5.29. The van der Waals surface area contributed by atoms with Crippen molar-refractivity contribution < 1.29 is 14.3 Å². The van der Waals surface area contributed by atoms with E-state index in [1.807, 2.05) is 0 Å². The lowest BCUT2D eigenvalue weighted by Crippen LogP contribution is -2.14. The van der Waals surface area contributed by atoms with E-state index in [4.69, 9.17) is 5.11 Å². The molecule has 1 amide bonds. The van der Waals surface area contributed by atoms with E-state index in [-0.39, 0.29) is 11.4 Å². The van der Waals surface area contributed by atoms with Crippen LogP contribution in [0.15, 0.2) is 36.5 Å². The number of pyridine rings is 1. The maximum absolute atomic E-state index is 13.4. The van der Waals surface area contributed by atoms with Gasteiger partial charge in [0.15, 0.2) is 0 Å². The molecule has 1 aromatic heterocycles. The van der Waals surface area contributed by atoms with Crippen molar-refractivity contribution in [2.24, 2.45) is 0 Å². The Balaban J connectivity index is 2.24. The topological polar surface area (TPSA) is 62.2 Å². The van der Waals surface area contributed by atoms with E-state index in [1.54, 1.807) is 25.3 Å². The number of hydrogen-bond donors (Lipinski definition) is 2. The number of phenolic OH excluding ortho intramolecular Hbond substituents is 1. The summed E-state index contributed by atoms with van der Waals surface area (Å²) in [6.45, 7) is 1.70. The van der Waals surface area contributed by atoms with Crippen molar-refractivity contribution in [3.05, 3.63) is 53.6 Å². The molecule has 0 unspecified atom stereocenters. The van der Waals surface area contributed by atoms with Gasteiger partial charge < -0.3 is 10.4 Å². The zero-order valence-corrected chi connectivity index (χ0v) is 9.64. The Morgan fingerprint density at radius 2 is 2.17 bits per heavy atom. The molecular formula is C13H11FN2O2. The number of rotatable bonds is 2. The smallest absolute Gasteiger partial charge is 0.257 e. The number of benzene rings is 1. The molecule has 2 aromatic rings.